The second kappa shape index (κ2) is 7.65. The highest BCUT2D eigenvalue weighted by Crippen LogP contribution is 2.26. The third-order valence-corrected chi connectivity index (χ3v) is 6.11. The topological polar surface area (TPSA) is 38.1 Å². The average Bonchev–Trinajstić information content (AvgIpc) is 3.10. The quantitative estimate of drug-likeness (QED) is 0.830. The van der Waals surface area contributed by atoms with Crippen molar-refractivity contribution in [3.63, 3.8) is 0 Å². The highest BCUT2D eigenvalue weighted by atomic mass is 16.2. The van der Waals surface area contributed by atoms with E-state index in [-0.39, 0.29) is 5.91 Å². The van der Waals surface area contributed by atoms with Crippen molar-refractivity contribution in [3.8, 4) is 0 Å². The minimum atomic E-state index is 0.227. The first-order valence-corrected chi connectivity index (χ1v) is 10.1. The van der Waals surface area contributed by atoms with E-state index in [2.05, 4.69) is 32.7 Å². The molecule has 1 aromatic heterocycles. The zero-order chi connectivity index (χ0) is 17.9. The van der Waals surface area contributed by atoms with Crippen molar-refractivity contribution < 1.29 is 4.79 Å². The lowest BCUT2D eigenvalue weighted by Crippen LogP contribution is -2.44. The zero-order valence-corrected chi connectivity index (χ0v) is 15.8. The predicted molar refractivity (Wildman–Crippen MR) is 103 cm³/mol. The van der Waals surface area contributed by atoms with Gasteiger partial charge in [-0.15, -0.1) is 0 Å². The van der Waals surface area contributed by atoms with E-state index in [1.165, 1.54) is 36.8 Å². The van der Waals surface area contributed by atoms with Crippen LogP contribution in [0.2, 0.25) is 0 Å². The van der Waals surface area contributed by atoms with Gasteiger partial charge in [0, 0.05) is 37.1 Å². The number of piperidine rings is 1. The molecule has 4 rings (SSSR count). The number of hydrogen-bond donors (Lipinski definition) is 0. The lowest BCUT2D eigenvalue weighted by molar-refractivity contribution is 0.0595. The number of likely N-dealkylation sites (tertiary alicyclic amines) is 1. The number of imidazole rings is 1. The molecule has 2 heterocycles. The molecule has 138 valence electrons. The van der Waals surface area contributed by atoms with E-state index in [1.54, 1.807) is 0 Å². The smallest absolute Gasteiger partial charge is 0.254 e. The van der Waals surface area contributed by atoms with Gasteiger partial charge in [-0.2, -0.15) is 0 Å². The van der Waals surface area contributed by atoms with Crippen molar-refractivity contribution in [2.45, 2.75) is 70.9 Å². The van der Waals surface area contributed by atoms with E-state index in [4.69, 9.17) is 0 Å². The molecule has 1 saturated heterocycles. The normalized spacial score (nSPS) is 20.0. The van der Waals surface area contributed by atoms with Crippen LogP contribution < -0.4 is 0 Å². The van der Waals surface area contributed by atoms with Crippen molar-refractivity contribution in [3.05, 3.63) is 53.1 Å². The molecule has 1 amide bonds. The number of carbonyl (C=O) groups excluding carboxylic acids is 1. The molecular formula is C22H29N3O. The van der Waals surface area contributed by atoms with Crippen LogP contribution in [0.3, 0.4) is 0 Å². The van der Waals surface area contributed by atoms with Gasteiger partial charge in [0.25, 0.3) is 5.91 Å². The number of nitrogens with zero attached hydrogens (tertiary/aromatic N) is 3. The van der Waals surface area contributed by atoms with Crippen LogP contribution in [-0.4, -0.2) is 32.9 Å². The van der Waals surface area contributed by atoms with Crippen molar-refractivity contribution in [1.82, 2.24) is 14.5 Å². The van der Waals surface area contributed by atoms with Crippen LogP contribution in [0.15, 0.2) is 30.6 Å². The summed E-state index contributed by atoms with van der Waals surface area (Å²) in [4.78, 5) is 19.7. The molecule has 1 fully saturated rings. The zero-order valence-electron chi connectivity index (χ0n) is 15.8. The Morgan fingerprint density at radius 2 is 2.00 bits per heavy atom. The molecule has 1 aliphatic heterocycles. The number of benzene rings is 1. The van der Waals surface area contributed by atoms with Gasteiger partial charge in [-0.3, -0.25) is 4.79 Å². The predicted octanol–water partition coefficient (Wildman–Crippen LogP) is 4.16. The number of fused-ring (bicyclic) bond motifs is 1. The minimum Gasteiger partial charge on any atom is -0.336 e. The maximum atomic E-state index is 13.2. The van der Waals surface area contributed by atoms with E-state index in [1.807, 2.05) is 19.3 Å². The summed E-state index contributed by atoms with van der Waals surface area (Å²) in [5, 5.41) is 0. The Morgan fingerprint density at radius 1 is 1.15 bits per heavy atom. The van der Waals surface area contributed by atoms with E-state index in [0.717, 1.165) is 50.2 Å². The number of aromatic nitrogens is 2. The Hall–Kier alpha value is -2.10. The number of aryl methyl sites for hydroxylation is 4. The molecule has 1 aliphatic carbocycles. The van der Waals surface area contributed by atoms with E-state index < -0.39 is 0 Å². The van der Waals surface area contributed by atoms with E-state index in [9.17, 15) is 4.79 Å². The van der Waals surface area contributed by atoms with Gasteiger partial charge >= 0.3 is 0 Å². The number of amides is 1. The Morgan fingerprint density at radius 3 is 2.81 bits per heavy atom. The largest absolute Gasteiger partial charge is 0.336 e. The molecule has 0 spiro atoms. The highest BCUT2D eigenvalue weighted by molar-refractivity contribution is 5.94. The fourth-order valence-electron chi connectivity index (χ4n) is 4.53. The first kappa shape index (κ1) is 17.3. The molecule has 4 nitrogen and oxygen atoms in total. The van der Waals surface area contributed by atoms with Crippen LogP contribution in [0, 0.1) is 6.92 Å². The molecule has 0 bridgehead atoms. The second-order valence-electron chi connectivity index (χ2n) is 7.80. The molecular weight excluding hydrogens is 322 g/mol. The molecule has 2 aliphatic rings. The van der Waals surface area contributed by atoms with Gasteiger partial charge in [-0.05, 0) is 81.5 Å². The SMILES string of the molecule is Cc1nccn1CC[C@@H]1CCCCN1C(=O)c1ccc2c(c1)CCCC2. The summed E-state index contributed by atoms with van der Waals surface area (Å²) in [6, 6.07) is 6.75. The minimum absolute atomic E-state index is 0.227. The Bertz CT molecular complexity index is 779. The number of carbonyl (C=O) groups is 1. The number of hydrogen-bond acceptors (Lipinski definition) is 2. The van der Waals surface area contributed by atoms with Crippen LogP contribution in [0.1, 0.15) is 65.8 Å². The Labute approximate surface area is 156 Å². The summed E-state index contributed by atoms with van der Waals surface area (Å²) in [5.41, 5.74) is 3.72. The average molecular weight is 351 g/mol. The monoisotopic (exact) mass is 351 g/mol. The second-order valence-corrected chi connectivity index (χ2v) is 7.80. The highest BCUT2D eigenvalue weighted by Gasteiger charge is 2.28. The van der Waals surface area contributed by atoms with Crippen LogP contribution >= 0.6 is 0 Å². The molecule has 4 heteroatoms. The van der Waals surface area contributed by atoms with E-state index >= 15 is 0 Å². The molecule has 26 heavy (non-hydrogen) atoms. The van der Waals surface area contributed by atoms with Gasteiger partial charge in [0.2, 0.25) is 0 Å². The maximum Gasteiger partial charge on any atom is 0.254 e. The summed E-state index contributed by atoms with van der Waals surface area (Å²) in [5.74, 6) is 1.28. The first-order chi connectivity index (χ1) is 12.7. The van der Waals surface area contributed by atoms with Crippen LogP contribution in [0.25, 0.3) is 0 Å². The van der Waals surface area contributed by atoms with Crippen molar-refractivity contribution >= 4 is 5.91 Å². The van der Waals surface area contributed by atoms with Gasteiger partial charge < -0.3 is 9.47 Å². The Kier molecular flexibility index (Phi) is 5.09. The third-order valence-electron chi connectivity index (χ3n) is 6.11. The summed E-state index contributed by atoms with van der Waals surface area (Å²) in [7, 11) is 0. The van der Waals surface area contributed by atoms with E-state index in [0.29, 0.717) is 6.04 Å². The molecule has 0 saturated carbocycles. The van der Waals surface area contributed by atoms with Crippen LogP contribution in [0.4, 0.5) is 0 Å². The van der Waals surface area contributed by atoms with Gasteiger partial charge in [0.15, 0.2) is 0 Å². The van der Waals surface area contributed by atoms with Crippen molar-refractivity contribution in [1.29, 1.82) is 0 Å². The molecule has 0 radical (unpaired) electrons. The van der Waals surface area contributed by atoms with Gasteiger partial charge in [0.1, 0.15) is 5.82 Å². The summed E-state index contributed by atoms with van der Waals surface area (Å²) < 4.78 is 2.19. The molecule has 0 N–H and O–H groups in total. The Balaban J connectivity index is 1.48. The van der Waals surface area contributed by atoms with Crippen molar-refractivity contribution in [2.24, 2.45) is 0 Å². The van der Waals surface area contributed by atoms with Gasteiger partial charge in [-0.25, -0.2) is 4.98 Å². The van der Waals surface area contributed by atoms with Gasteiger partial charge in [-0.1, -0.05) is 6.07 Å². The summed E-state index contributed by atoms with van der Waals surface area (Å²) in [6.07, 6.45) is 13.2. The summed E-state index contributed by atoms with van der Waals surface area (Å²) in [6.45, 7) is 3.87. The molecule has 1 atom stereocenters. The lowest BCUT2D eigenvalue weighted by atomic mass is 9.90. The lowest BCUT2D eigenvalue weighted by Gasteiger charge is -2.36. The number of rotatable bonds is 4. The van der Waals surface area contributed by atoms with Crippen molar-refractivity contribution in [2.75, 3.05) is 6.54 Å². The van der Waals surface area contributed by atoms with Crippen LogP contribution in [0.5, 0.6) is 0 Å². The first-order valence-electron chi connectivity index (χ1n) is 10.1. The fraction of sp³-hybridized carbons (Fsp3) is 0.545. The maximum absolute atomic E-state index is 13.2. The summed E-state index contributed by atoms with van der Waals surface area (Å²) >= 11 is 0. The van der Waals surface area contributed by atoms with Crippen LogP contribution in [-0.2, 0) is 19.4 Å². The van der Waals surface area contributed by atoms with Gasteiger partial charge in [0.05, 0.1) is 0 Å². The molecule has 0 unspecified atom stereocenters. The molecule has 1 aromatic carbocycles. The fourth-order valence-corrected chi connectivity index (χ4v) is 4.53. The molecule has 2 aromatic rings. The third kappa shape index (κ3) is 3.55. The standard InChI is InChI=1S/C22H29N3O/c1-17-23-12-15-24(17)14-11-21-8-4-5-13-25(21)22(26)20-10-9-18-6-2-3-7-19(18)16-20/h9-10,12,15-16,21H,2-8,11,13-14H2,1H3/t21-/m0/s1.